The molecule has 1 amide bonds. The van der Waals surface area contributed by atoms with Gasteiger partial charge < -0.3 is 9.47 Å². The molecule has 0 unspecified atom stereocenters. The first-order valence-electron chi connectivity index (χ1n) is 6.87. The van der Waals surface area contributed by atoms with E-state index in [-0.39, 0.29) is 17.1 Å². The van der Waals surface area contributed by atoms with E-state index >= 15 is 0 Å². The van der Waals surface area contributed by atoms with Crippen molar-refractivity contribution in [2.24, 2.45) is 0 Å². The smallest absolute Gasteiger partial charge is 0.406 e. The Hall–Kier alpha value is -2.77. The maximum atomic E-state index is 12.9. The lowest BCUT2D eigenvalue weighted by Crippen LogP contribution is -2.39. The Morgan fingerprint density at radius 1 is 1.17 bits per heavy atom. The van der Waals surface area contributed by atoms with Crippen molar-refractivity contribution < 1.29 is 27.4 Å². The van der Waals surface area contributed by atoms with Crippen LogP contribution in [0.1, 0.15) is 10.4 Å². The van der Waals surface area contributed by atoms with E-state index in [1.54, 1.807) is 12.1 Å². The van der Waals surface area contributed by atoms with Gasteiger partial charge in [0, 0.05) is 6.20 Å². The van der Waals surface area contributed by atoms with Crippen LogP contribution in [-0.2, 0) is 0 Å². The Balaban J connectivity index is 2.48. The van der Waals surface area contributed by atoms with Crippen molar-refractivity contribution in [1.82, 2.24) is 4.98 Å². The van der Waals surface area contributed by atoms with Gasteiger partial charge in [-0.1, -0.05) is 6.07 Å². The van der Waals surface area contributed by atoms with Gasteiger partial charge in [0.15, 0.2) is 0 Å². The van der Waals surface area contributed by atoms with Gasteiger partial charge >= 0.3 is 6.18 Å². The lowest BCUT2D eigenvalue weighted by molar-refractivity contribution is -0.118. The van der Waals surface area contributed by atoms with Crippen LogP contribution in [0.3, 0.4) is 0 Å². The monoisotopic (exact) mass is 340 g/mol. The van der Waals surface area contributed by atoms with E-state index in [0.29, 0.717) is 10.6 Å². The molecule has 24 heavy (non-hydrogen) atoms. The zero-order valence-corrected chi connectivity index (χ0v) is 13.0. The molecule has 1 heterocycles. The zero-order chi connectivity index (χ0) is 17.7. The van der Waals surface area contributed by atoms with Crippen molar-refractivity contribution >= 4 is 11.7 Å². The SMILES string of the molecule is COc1ccc(OC)c(C(=O)N(CC(F)(F)F)c2ccccn2)c1. The molecule has 0 aliphatic carbocycles. The van der Waals surface area contributed by atoms with Gasteiger partial charge in [0.1, 0.15) is 23.9 Å². The topological polar surface area (TPSA) is 51.7 Å². The summed E-state index contributed by atoms with van der Waals surface area (Å²) in [5, 5.41) is 0. The summed E-state index contributed by atoms with van der Waals surface area (Å²) in [6.45, 7) is -1.47. The zero-order valence-electron chi connectivity index (χ0n) is 13.0. The molecule has 0 saturated carbocycles. The molecular weight excluding hydrogens is 325 g/mol. The molecule has 5 nitrogen and oxygen atoms in total. The number of nitrogens with zero attached hydrogens (tertiary/aromatic N) is 2. The molecule has 0 spiro atoms. The second-order valence-corrected chi connectivity index (χ2v) is 4.76. The summed E-state index contributed by atoms with van der Waals surface area (Å²) >= 11 is 0. The Kier molecular flexibility index (Phi) is 5.28. The number of amides is 1. The summed E-state index contributed by atoms with van der Waals surface area (Å²) in [5.41, 5.74) is -0.0493. The number of methoxy groups -OCH3 is 2. The fourth-order valence-corrected chi connectivity index (χ4v) is 2.08. The van der Waals surface area contributed by atoms with Crippen LogP contribution in [0.4, 0.5) is 19.0 Å². The van der Waals surface area contributed by atoms with Gasteiger partial charge in [-0.2, -0.15) is 13.2 Å². The maximum Gasteiger partial charge on any atom is 0.406 e. The van der Waals surface area contributed by atoms with Gasteiger partial charge in [-0.25, -0.2) is 4.98 Å². The summed E-state index contributed by atoms with van der Waals surface area (Å²) in [6.07, 6.45) is -3.27. The third-order valence-electron chi connectivity index (χ3n) is 3.15. The maximum absolute atomic E-state index is 12.9. The molecule has 0 saturated heterocycles. The molecule has 0 aliphatic rings. The number of hydrogen-bond donors (Lipinski definition) is 0. The van der Waals surface area contributed by atoms with Gasteiger partial charge in [-0.15, -0.1) is 0 Å². The first kappa shape index (κ1) is 17.6. The van der Waals surface area contributed by atoms with Crippen molar-refractivity contribution in [3.63, 3.8) is 0 Å². The number of pyridine rings is 1. The minimum atomic E-state index is -4.58. The molecule has 8 heteroatoms. The van der Waals surface area contributed by atoms with Crippen LogP contribution in [0.2, 0.25) is 0 Å². The van der Waals surface area contributed by atoms with Crippen molar-refractivity contribution in [3.05, 3.63) is 48.2 Å². The molecule has 1 aromatic carbocycles. The van der Waals surface area contributed by atoms with Crippen LogP contribution < -0.4 is 14.4 Å². The Bertz CT molecular complexity index is 705. The number of aromatic nitrogens is 1. The molecule has 0 bridgehead atoms. The largest absolute Gasteiger partial charge is 0.497 e. The van der Waals surface area contributed by atoms with Gasteiger partial charge in [0.2, 0.25) is 0 Å². The van der Waals surface area contributed by atoms with Crippen LogP contribution in [0.15, 0.2) is 42.6 Å². The molecule has 128 valence electrons. The van der Waals surface area contributed by atoms with Crippen molar-refractivity contribution in [2.75, 3.05) is 25.7 Å². The Morgan fingerprint density at radius 3 is 2.46 bits per heavy atom. The third-order valence-corrected chi connectivity index (χ3v) is 3.15. The van der Waals surface area contributed by atoms with Gasteiger partial charge in [0.25, 0.3) is 5.91 Å². The number of carbonyl (C=O) groups excluding carboxylic acids is 1. The fourth-order valence-electron chi connectivity index (χ4n) is 2.08. The highest BCUT2D eigenvalue weighted by Crippen LogP contribution is 2.28. The van der Waals surface area contributed by atoms with E-state index in [9.17, 15) is 18.0 Å². The lowest BCUT2D eigenvalue weighted by atomic mass is 10.1. The van der Waals surface area contributed by atoms with E-state index in [0.717, 1.165) is 0 Å². The highest BCUT2D eigenvalue weighted by molar-refractivity contribution is 6.07. The molecule has 0 radical (unpaired) electrons. The van der Waals surface area contributed by atoms with Crippen LogP contribution >= 0.6 is 0 Å². The molecule has 1 aromatic heterocycles. The normalized spacial score (nSPS) is 11.0. The molecule has 0 atom stereocenters. The molecule has 0 fully saturated rings. The summed E-state index contributed by atoms with van der Waals surface area (Å²) < 4.78 is 48.9. The van der Waals surface area contributed by atoms with Crippen molar-refractivity contribution in [1.29, 1.82) is 0 Å². The number of alkyl halides is 3. The summed E-state index contributed by atoms with van der Waals surface area (Å²) in [5.74, 6) is -0.525. The summed E-state index contributed by atoms with van der Waals surface area (Å²) in [6, 6.07) is 8.71. The minimum absolute atomic E-state index is 0.0493. The number of anilines is 1. The highest BCUT2D eigenvalue weighted by atomic mass is 19.4. The number of ether oxygens (including phenoxy) is 2. The third kappa shape index (κ3) is 4.15. The van der Waals surface area contributed by atoms with E-state index in [1.807, 2.05) is 0 Å². The van der Waals surface area contributed by atoms with Crippen LogP contribution in [0, 0.1) is 0 Å². The number of rotatable bonds is 5. The van der Waals surface area contributed by atoms with E-state index in [4.69, 9.17) is 9.47 Å². The predicted molar refractivity (Wildman–Crippen MR) is 81.5 cm³/mol. The number of carbonyl (C=O) groups is 1. The average molecular weight is 340 g/mol. The quantitative estimate of drug-likeness (QED) is 0.838. The van der Waals surface area contributed by atoms with Gasteiger partial charge in [-0.05, 0) is 30.3 Å². The second kappa shape index (κ2) is 7.20. The average Bonchev–Trinajstić information content (AvgIpc) is 2.58. The van der Waals surface area contributed by atoms with E-state index in [1.165, 1.54) is 44.7 Å². The fraction of sp³-hybridized carbons (Fsp3) is 0.250. The van der Waals surface area contributed by atoms with E-state index in [2.05, 4.69) is 4.98 Å². The Morgan fingerprint density at radius 2 is 1.92 bits per heavy atom. The van der Waals surface area contributed by atoms with Gasteiger partial charge in [0.05, 0.1) is 19.8 Å². The van der Waals surface area contributed by atoms with Gasteiger partial charge in [-0.3, -0.25) is 9.69 Å². The standard InChI is InChI=1S/C16H15F3N2O3/c1-23-11-6-7-13(24-2)12(9-11)15(22)21(10-16(17,18)19)14-5-3-4-8-20-14/h3-9H,10H2,1-2H3. The highest BCUT2D eigenvalue weighted by Gasteiger charge is 2.35. The van der Waals surface area contributed by atoms with Crippen LogP contribution in [-0.4, -0.2) is 37.8 Å². The molecule has 0 aliphatic heterocycles. The summed E-state index contributed by atoms with van der Waals surface area (Å²) in [4.78, 5) is 17.1. The van der Waals surface area contributed by atoms with Crippen molar-refractivity contribution in [3.8, 4) is 11.5 Å². The Labute approximate surface area is 136 Å². The molecule has 2 rings (SSSR count). The van der Waals surface area contributed by atoms with Crippen molar-refractivity contribution in [2.45, 2.75) is 6.18 Å². The number of hydrogen-bond acceptors (Lipinski definition) is 4. The van der Waals surface area contributed by atoms with Crippen LogP contribution in [0.25, 0.3) is 0 Å². The van der Waals surface area contributed by atoms with E-state index < -0.39 is 18.6 Å². The molecule has 0 N–H and O–H groups in total. The lowest BCUT2D eigenvalue weighted by Gasteiger charge is -2.24. The number of halogens is 3. The predicted octanol–water partition coefficient (Wildman–Crippen LogP) is 3.31. The second-order valence-electron chi connectivity index (χ2n) is 4.76. The van der Waals surface area contributed by atoms with Crippen LogP contribution in [0.5, 0.6) is 11.5 Å². The molecular formula is C16H15F3N2O3. The first-order valence-corrected chi connectivity index (χ1v) is 6.87. The minimum Gasteiger partial charge on any atom is -0.497 e. The number of benzene rings is 1. The molecule has 2 aromatic rings. The summed E-state index contributed by atoms with van der Waals surface area (Å²) in [7, 11) is 2.72. The first-order chi connectivity index (χ1) is 11.4.